The van der Waals surface area contributed by atoms with Crippen molar-refractivity contribution in [3.8, 4) is 16.9 Å². The molecule has 28 heavy (non-hydrogen) atoms. The van der Waals surface area contributed by atoms with Crippen LogP contribution >= 0.6 is 0 Å². The average Bonchev–Trinajstić information content (AvgIpc) is 2.72. The van der Waals surface area contributed by atoms with E-state index in [4.69, 9.17) is 10.5 Å². The summed E-state index contributed by atoms with van der Waals surface area (Å²) in [4.78, 5) is 0. The summed E-state index contributed by atoms with van der Waals surface area (Å²) in [6.45, 7) is 16.6. The van der Waals surface area contributed by atoms with Crippen molar-refractivity contribution in [1.82, 2.24) is 0 Å². The Hall–Kier alpha value is -2.01. The molecule has 0 unspecified atom stereocenters. The van der Waals surface area contributed by atoms with E-state index in [0.717, 1.165) is 29.8 Å². The second-order valence-electron chi connectivity index (χ2n) is 4.69. The van der Waals surface area contributed by atoms with Gasteiger partial charge in [0.05, 0.1) is 12.7 Å². The van der Waals surface area contributed by atoms with Crippen molar-refractivity contribution >= 4 is 0 Å². The number of benzene rings is 2. The lowest BCUT2D eigenvalue weighted by Gasteiger charge is -2.11. The molecule has 2 aromatic carbocycles. The summed E-state index contributed by atoms with van der Waals surface area (Å²) >= 11 is 0. The van der Waals surface area contributed by atoms with Gasteiger partial charge in [0.2, 0.25) is 0 Å². The molecule has 0 aliphatic rings. The zero-order chi connectivity index (χ0) is 22.8. The second kappa shape index (κ2) is 18.4. The first-order valence-corrected chi connectivity index (χ1v) is 9.85. The number of hydrogen-bond acceptors (Lipinski definition) is 2. The van der Waals surface area contributed by atoms with E-state index < -0.39 is 11.7 Å². The predicted octanol–water partition coefficient (Wildman–Crippen LogP) is 7.73. The van der Waals surface area contributed by atoms with Crippen molar-refractivity contribution in [3.63, 3.8) is 0 Å². The summed E-state index contributed by atoms with van der Waals surface area (Å²) in [6.07, 6.45) is -4.31. The highest BCUT2D eigenvalue weighted by Gasteiger charge is 2.30. The molecule has 0 saturated heterocycles. The molecule has 2 nitrogen and oxygen atoms in total. The minimum Gasteiger partial charge on any atom is -0.496 e. The lowest BCUT2D eigenvalue weighted by atomic mass is 10.0. The minimum absolute atomic E-state index is 0.644. The molecule has 0 heterocycles. The van der Waals surface area contributed by atoms with Crippen LogP contribution in [0.2, 0.25) is 0 Å². The zero-order valence-corrected chi connectivity index (χ0v) is 18.9. The van der Waals surface area contributed by atoms with Crippen molar-refractivity contribution < 1.29 is 17.9 Å². The molecule has 0 saturated carbocycles. The molecule has 2 aromatic rings. The van der Waals surface area contributed by atoms with Gasteiger partial charge >= 0.3 is 6.18 Å². The maximum absolute atomic E-state index is 12.5. The molecular formula is C23H38F3NO. The Balaban J connectivity index is -0.000000604. The zero-order valence-electron chi connectivity index (χ0n) is 18.9. The fraction of sp³-hybridized carbons (Fsp3) is 0.478. The van der Waals surface area contributed by atoms with Crippen LogP contribution in [-0.2, 0) is 6.18 Å². The second-order valence-corrected chi connectivity index (χ2v) is 4.69. The van der Waals surface area contributed by atoms with Crippen LogP contribution in [0.1, 0.15) is 59.6 Å². The molecule has 0 aliphatic heterocycles. The van der Waals surface area contributed by atoms with Crippen LogP contribution in [0.3, 0.4) is 0 Å². The lowest BCUT2D eigenvalue weighted by molar-refractivity contribution is -0.137. The van der Waals surface area contributed by atoms with Crippen molar-refractivity contribution in [3.05, 3.63) is 53.6 Å². The van der Waals surface area contributed by atoms with Gasteiger partial charge in [-0.3, -0.25) is 0 Å². The van der Waals surface area contributed by atoms with Gasteiger partial charge in [0.25, 0.3) is 0 Å². The highest BCUT2D eigenvalue weighted by molar-refractivity contribution is 5.71. The monoisotopic (exact) mass is 401 g/mol. The fourth-order valence-corrected chi connectivity index (χ4v) is 1.89. The Morgan fingerprint density at radius 1 is 0.857 bits per heavy atom. The first-order valence-electron chi connectivity index (χ1n) is 9.85. The molecule has 2 rings (SSSR count). The molecule has 0 amide bonds. The summed E-state index contributed by atoms with van der Waals surface area (Å²) in [7, 11) is 1.54. The summed E-state index contributed by atoms with van der Waals surface area (Å²) in [5, 5.41) is 0. The van der Waals surface area contributed by atoms with E-state index in [9.17, 15) is 13.2 Å². The molecular weight excluding hydrogens is 363 g/mol. The summed E-state index contributed by atoms with van der Waals surface area (Å²) < 4.78 is 42.8. The van der Waals surface area contributed by atoms with Crippen molar-refractivity contribution in [2.45, 2.75) is 61.6 Å². The third-order valence-electron chi connectivity index (χ3n) is 2.88. The van der Waals surface area contributed by atoms with Gasteiger partial charge in [-0.15, -0.1) is 0 Å². The van der Waals surface area contributed by atoms with Gasteiger partial charge in [0.1, 0.15) is 5.75 Å². The first-order chi connectivity index (χ1) is 13.3. The number of methoxy groups -OCH3 is 1. The van der Waals surface area contributed by atoms with E-state index in [1.54, 1.807) is 0 Å². The summed E-state index contributed by atoms with van der Waals surface area (Å²) in [5.74, 6) is 0.644. The minimum atomic E-state index is -4.31. The first kappa shape index (κ1) is 30.7. The summed E-state index contributed by atoms with van der Waals surface area (Å²) in [5.41, 5.74) is 6.71. The quantitative estimate of drug-likeness (QED) is 0.559. The molecule has 5 heteroatoms. The highest BCUT2D eigenvalue weighted by atomic mass is 19.4. The van der Waals surface area contributed by atoms with Crippen molar-refractivity contribution in [1.29, 1.82) is 0 Å². The van der Waals surface area contributed by atoms with Gasteiger partial charge < -0.3 is 10.5 Å². The number of aryl methyl sites for hydroxylation is 1. The molecule has 2 N–H and O–H groups in total. The van der Waals surface area contributed by atoms with Crippen LogP contribution in [0.4, 0.5) is 13.2 Å². The number of halogens is 3. The Labute approximate surface area is 169 Å². The Morgan fingerprint density at radius 3 is 1.64 bits per heavy atom. The van der Waals surface area contributed by atoms with E-state index in [1.807, 2.05) is 73.6 Å². The van der Waals surface area contributed by atoms with E-state index in [1.165, 1.54) is 19.2 Å². The Bertz CT molecular complexity index is 594. The normalized spacial score (nSPS) is 9.04. The topological polar surface area (TPSA) is 35.2 Å². The predicted molar refractivity (Wildman–Crippen MR) is 117 cm³/mol. The van der Waals surface area contributed by atoms with Crippen LogP contribution in [-0.4, -0.2) is 13.7 Å². The third-order valence-corrected chi connectivity index (χ3v) is 2.88. The van der Waals surface area contributed by atoms with Gasteiger partial charge in [-0.05, 0) is 43.3 Å². The molecule has 162 valence electrons. The van der Waals surface area contributed by atoms with E-state index in [0.29, 0.717) is 11.3 Å². The van der Waals surface area contributed by atoms with Gasteiger partial charge in [0.15, 0.2) is 0 Å². The lowest BCUT2D eigenvalue weighted by Crippen LogP contribution is -2.04. The standard InChI is InChI=1S/C15H13F3O.C2H7N.3C2H6/c1-10-3-8-14(19-2)13(9-10)11-4-6-12(7-5-11)15(16,17)18;1-2-3;3*1-2/h3-9H,1-2H3;2-3H2,1H3;3*1-2H3. The Kier molecular flexibility index (Phi) is 20.1. The molecule has 0 radical (unpaired) electrons. The van der Waals surface area contributed by atoms with Gasteiger partial charge in [-0.1, -0.05) is 72.2 Å². The maximum Gasteiger partial charge on any atom is 0.416 e. The third kappa shape index (κ3) is 11.7. The SMILES string of the molecule is CC.CC.CC.CCN.COc1ccc(C)cc1-c1ccc(C(F)(F)F)cc1. The Morgan fingerprint density at radius 2 is 1.29 bits per heavy atom. The maximum atomic E-state index is 12.5. The largest absolute Gasteiger partial charge is 0.496 e. The molecule has 0 aromatic heterocycles. The smallest absolute Gasteiger partial charge is 0.416 e. The highest BCUT2D eigenvalue weighted by Crippen LogP contribution is 2.34. The molecule has 0 bridgehead atoms. The van der Waals surface area contributed by atoms with E-state index >= 15 is 0 Å². The van der Waals surface area contributed by atoms with Crippen LogP contribution < -0.4 is 10.5 Å². The van der Waals surface area contributed by atoms with Gasteiger partial charge in [-0.25, -0.2) is 0 Å². The average molecular weight is 402 g/mol. The van der Waals surface area contributed by atoms with Crippen LogP contribution in [0, 0.1) is 6.92 Å². The number of rotatable bonds is 2. The van der Waals surface area contributed by atoms with E-state index in [2.05, 4.69) is 0 Å². The van der Waals surface area contributed by atoms with Crippen LogP contribution in [0.5, 0.6) is 5.75 Å². The van der Waals surface area contributed by atoms with Crippen molar-refractivity contribution in [2.24, 2.45) is 5.73 Å². The number of alkyl halides is 3. The molecule has 0 spiro atoms. The van der Waals surface area contributed by atoms with Gasteiger partial charge in [-0.2, -0.15) is 13.2 Å². The fourth-order valence-electron chi connectivity index (χ4n) is 1.89. The summed E-state index contributed by atoms with van der Waals surface area (Å²) in [6, 6.07) is 10.7. The van der Waals surface area contributed by atoms with Crippen LogP contribution in [0.15, 0.2) is 42.5 Å². The molecule has 0 fully saturated rings. The van der Waals surface area contributed by atoms with Crippen molar-refractivity contribution in [2.75, 3.05) is 13.7 Å². The molecule has 0 aliphatic carbocycles. The number of ether oxygens (including phenoxy) is 1. The van der Waals surface area contributed by atoms with Gasteiger partial charge in [0, 0.05) is 5.56 Å². The molecule has 0 atom stereocenters. The van der Waals surface area contributed by atoms with Crippen LogP contribution in [0.25, 0.3) is 11.1 Å². The number of hydrogen-bond donors (Lipinski definition) is 1. The number of nitrogens with two attached hydrogens (primary N) is 1. The van der Waals surface area contributed by atoms with E-state index in [-0.39, 0.29) is 0 Å².